The van der Waals surface area contributed by atoms with Crippen molar-refractivity contribution < 1.29 is 4.79 Å². The quantitative estimate of drug-likeness (QED) is 0.810. The van der Waals surface area contributed by atoms with Crippen LogP contribution in [0.4, 0.5) is 5.69 Å². The molecular weight excluding hydrogens is 198 g/mol. The second-order valence-corrected chi connectivity index (χ2v) is 5.02. The third-order valence-electron chi connectivity index (χ3n) is 3.21. The molecule has 0 saturated carbocycles. The van der Waals surface area contributed by atoms with Gasteiger partial charge in [0.25, 0.3) is 0 Å². The Hall–Kier alpha value is -1.31. The lowest BCUT2D eigenvalue weighted by atomic mass is 9.90. The number of rotatable bonds is 2. The van der Waals surface area contributed by atoms with E-state index in [1.807, 2.05) is 0 Å². The summed E-state index contributed by atoms with van der Waals surface area (Å²) in [4.78, 5) is 11.3. The highest BCUT2D eigenvalue weighted by molar-refractivity contribution is 5.94. The molecule has 1 aromatic carbocycles. The molecule has 2 nitrogen and oxygen atoms in total. The van der Waals surface area contributed by atoms with Crippen molar-refractivity contribution >= 4 is 11.6 Å². The van der Waals surface area contributed by atoms with Crippen molar-refractivity contribution in [2.24, 2.45) is 5.92 Å². The Morgan fingerprint density at radius 2 is 2.06 bits per heavy atom. The molecule has 1 heterocycles. The standard InChI is InChI=1S/C14H19NO/c1-9(2)8-11-4-6-13-12(10(11)3)5-7-14(16)15-13/h4,6,9H,5,7-8H2,1-3H3,(H,15,16). The van der Waals surface area contributed by atoms with Gasteiger partial charge in [0.15, 0.2) is 0 Å². The Morgan fingerprint density at radius 3 is 2.75 bits per heavy atom. The van der Waals surface area contributed by atoms with E-state index in [0.717, 1.165) is 18.5 Å². The van der Waals surface area contributed by atoms with Gasteiger partial charge < -0.3 is 5.32 Å². The van der Waals surface area contributed by atoms with Crippen LogP contribution in [0.2, 0.25) is 0 Å². The molecule has 0 aliphatic carbocycles. The second-order valence-electron chi connectivity index (χ2n) is 5.02. The fraction of sp³-hybridized carbons (Fsp3) is 0.500. The SMILES string of the molecule is Cc1c(CC(C)C)ccc2c1CCC(=O)N2. The normalized spacial score (nSPS) is 14.9. The van der Waals surface area contributed by atoms with E-state index in [0.29, 0.717) is 12.3 Å². The maximum atomic E-state index is 11.3. The molecule has 0 radical (unpaired) electrons. The molecule has 0 spiro atoms. The van der Waals surface area contributed by atoms with E-state index in [1.165, 1.54) is 16.7 Å². The van der Waals surface area contributed by atoms with E-state index in [1.54, 1.807) is 0 Å². The van der Waals surface area contributed by atoms with Gasteiger partial charge in [-0.2, -0.15) is 0 Å². The fourth-order valence-corrected chi connectivity index (χ4v) is 2.36. The van der Waals surface area contributed by atoms with Gasteiger partial charge in [-0.3, -0.25) is 4.79 Å². The molecule has 1 aliphatic heterocycles. The van der Waals surface area contributed by atoms with Crippen LogP contribution < -0.4 is 5.32 Å². The van der Waals surface area contributed by atoms with E-state index in [-0.39, 0.29) is 5.91 Å². The Morgan fingerprint density at radius 1 is 1.31 bits per heavy atom. The lowest BCUT2D eigenvalue weighted by Crippen LogP contribution is -2.20. The third-order valence-corrected chi connectivity index (χ3v) is 3.21. The maximum Gasteiger partial charge on any atom is 0.224 e. The topological polar surface area (TPSA) is 29.1 Å². The first-order chi connectivity index (χ1) is 7.58. The summed E-state index contributed by atoms with van der Waals surface area (Å²) in [5.74, 6) is 0.818. The van der Waals surface area contributed by atoms with E-state index in [4.69, 9.17) is 0 Å². The molecule has 0 aromatic heterocycles. The molecule has 0 unspecified atom stereocenters. The molecule has 0 fully saturated rings. The van der Waals surface area contributed by atoms with Crippen molar-refractivity contribution in [1.82, 2.24) is 0 Å². The molecule has 1 aromatic rings. The fourth-order valence-electron chi connectivity index (χ4n) is 2.36. The lowest BCUT2D eigenvalue weighted by Gasteiger charge is -2.21. The number of amides is 1. The first kappa shape index (κ1) is 11.2. The average Bonchev–Trinajstić information content (AvgIpc) is 2.22. The van der Waals surface area contributed by atoms with Gasteiger partial charge >= 0.3 is 0 Å². The molecule has 86 valence electrons. The zero-order valence-corrected chi connectivity index (χ0v) is 10.3. The minimum atomic E-state index is 0.142. The van der Waals surface area contributed by atoms with Gasteiger partial charge in [-0.05, 0) is 48.4 Å². The molecule has 0 bridgehead atoms. The van der Waals surface area contributed by atoms with Gasteiger partial charge in [0, 0.05) is 12.1 Å². The van der Waals surface area contributed by atoms with Crippen LogP contribution in [0.3, 0.4) is 0 Å². The number of hydrogen-bond acceptors (Lipinski definition) is 1. The predicted molar refractivity (Wildman–Crippen MR) is 66.7 cm³/mol. The van der Waals surface area contributed by atoms with Crippen molar-refractivity contribution in [2.75, 3.05) is 5.32 Å². The first-order valence-corrected chi connectivity index (χ1v) is 5.99. The molecule has 2 rings (SSSR count). The number of hydrogen-bond donors (Lipinski definition) is 1. The smallest absolute Gasteiger partial charge is 0.224 e. The molecule has 0 saturated heterocycles. The van der Waals surface area contributed by atoms with Crippen LogP contribution in [0, 0.1) is 12.8 Å². The van der Waals surface area contributed by atoms with Crippen LogP contribution in [-0.2, 0) is 17.6 Å². The molecule has 2 heteroatoms. The number of carbonyl (C=O) groups excluding carboxylic acids is 1. The number of anilines is 1. The monoisotopic (exact) mass is 217 g/mol. The summed E-state index contributed by atoms with van der Waals surface area (Å²) < 4.78 is 0. The number of carbonyl (C=O) groups is 1. The molecular formula is C14H19NO. The predicted octanol–water partition coefficient (Wildman–Crippen LogP) is 3.08. The molecule has 16 heavy (non-hydrogen) atoms. The summed E-state index contributed by atoms with van der Waals surface area (Å²) in [6.07, 6.45) is 2.63. The highest BCUT2D eigenvalue weighted by Gasteiger charge is 2.17. The van der Waals surface area contributed by atoms with Crippen LogP contribution in [0.25, 0.3) is 0 Å². The van der Waals surface area contributed by atoms with E-state index in [2.05, 4.69) is 38.2 Å². The minimum Gasteiger partial charge on any atom is -0.326 e. The van der Waals surface area contributed by atoms with Crippen LogP contribution in [0.5, 0.6) is 0 Å². The summed E-state index contributed by atoms with van der Waals surface area (Å²) in [6, 6.07) is 4.21. The van der Waals surface area contributed by atoms with Gasteiger partial charge in [-0.25, -0.2) is 0 Å². The molecule has 1 aliphatic rings. The van der Waals surface area contributed by atoms with Gasteiger partial charge in [0.1, 0.15) is 0 Å². The van der Waals surface area contributed by atoms with Crippen molar-refractivity contribution in [3.05, 3.63) is 28.8 Å². The summed E-state index contributed by atoms with van der Waals surface area (Å²) in [6.45, 7) is 6.65. The van der Waals surface area contributed by atoms with E-state index >= 15 is 0 Å². The highest BCUT2D eigenvalue weighted by atomic mass is 16.1. The summed E-state index contributed by atoms with van der Waals surface area (Å²) in [5.41, 5.74) is 5.13. The third kappa shape index (κ3) is 2.11. The van der Waals surface area contributed by atoms with Gasteiger partial charge in [0.05, 0.1) is 0 Å². The van der Waals surface area contributed by atoms with Crippen molar-refractivity contribution in [2.45, 2.75) is 40.0 Å². The van der Waals surface area contributed by atoms with Crippen LogP contribution >= 0.6 is 0 Å². The van der Waals surface area contributed by atoms with Gasteiger partial charge in [0.2, 0.25) is 5.91 Å². The Labute approximate surface area is 97.1 Å². The number of nitrogens with one attached hydrogen (secondary N) is 1. The Bertz CT molecular complexity index is 421. The van der Waals surface area contributed by atoms with Crippen LogP contribution in [0.1, 0.15) is 37.0 Å². The molecule has 0 atom stereocenters. The number of benzene rings is 1. The Kier molecular flexibility index (Phi) is 2.99. The molecule has 1 amide bonds. The maximum absolute atomic E-state index is 11.3. The van der Waals surface area contributed by atoms with Crippen molar-refractivity contribution in [1.29, 1.82) is 0 Å². The van der Waals surface area contributed by atoms with Gasteiger partial charge in [-0.1, -0.05) is 19.9 Å². The summed E-state index contributed by atoms with van der Waals surface area (Å²) in [7, 11) is 0. The van der Waals surface area contributed by atoms with E-state index in [9.17, 15) is 4.79 Å². The minimum absolute atomic E-state index is 0.142. The average molecular weight is 217 g/mol. The molecule has 1 N–H and O–H groups in total. The zero-order valence-electron chi connectivity index (χ0n) is 10.3. The van der Waals surface area contributed by atoms with Crippen LogP contribution in [-0.4, -0.2) is 5.91 Å². The summed E-state index contributed by atoms with van der Waals surface area (Å²) >= 11 is 0. The summed E-state index contributed by atoms with van der Waals surface area (Å²) in [5, 5.41) is 2.94. The first-order valence-electron chi connectivity index (χ1n) is 5.99. The van der Waals surface area contributed by atoms with Gasteiger partial charge in [-0.15, -0.1) is 0 Å². The lowest BCUT2D eigenvalue weighted by molar-refractivity contribution is -0.116. The highest BCUT2D eigenvalue weighted by Crippen LogP contribution is 2.28. The largest absolute Gasteiger partial charge is 0.326 e. The number of fused-ring (bicyclic) bond motifs is 1. The zero-order chi connectivity index (χ0) is 11.7. The second kappa shape index (κ2) is 4.28. The Balaban J connectivity index is 2.36. The van der Waals surface area contributed by atoms with Crippen molar-refractivity contribution in [3.63, 3.8) is 0 Å². The van der Waals surface area contributed by atoms with Crippen LogP contribution in [0.15, 0.2) is 12.1 Å². The van der Waals surface area contributed by atoms with E-state index < -0.39 is 0 Å². The van der Waals surface area contributed by atoms with Crippen molar-refractivity contribution in [3.8, 4) is 0 Å².